The molecule has 2 nitrogen and oxygen atoms in total. The van der Waals surface area contributed by atoms with Crippen molar-refractivity contribution in [3.8, 4) is 0 Å². The van der Waals surface area contributed by atoms with Crippen molar-refractivity contribution in [3.63, 3.8) is 0 Å². The predicted octanol–water partition coefficient (Wildman–Crippen LogP) is 2.10. The van der Waals surface area contributed by atoms with E-state index in [1.165, 1.54) is 0 Å². The van der Waals surface area contributed by atoms with Crippen LogP contribution in [0.2, 0.25) is 0 Å². The predicted molar refractivity (Wildman–Crippen MR) is 53.7 cm³/mol. The number of nitrogens with two attached hydrogens (primary N) is 1. The van der Waals surface area contributed by atoms with Crippen molar-refractivity contribution in [2.45, 2.75) is 57.8 Å². The monoisotopic (exact) mass is 193 g/mol. The average Bonchev–Trinajstić information content (AvgIpc) is 2.10. The fourth-order valence-electron chi connectivity index (χ4n) is 1.58. The van der Waals surface area contributed by atoms with Gasteiger partial charge in [-0.15, -0.1) is 12.4 Å². The van der Waals surface area contributed by atoms with Crippen LogP contribution in [0.1, 0.15) is 40.0 Å². The molecule has 2 atom stereocenters. The number of hydrogen-bond donors (Lipinski definition) is 1. The van der Waals surface area contributed by atoms with Crippen molar-refractivity contribution in [1.29, 1.82) is 0 Å². The molecule has 0 heterocycles. The second kappa shape index (κ2) is 4.45. The molecular formula is C9H20ClNO. The van der Waals surface area contributed by atoms with Crippen molar-refractivity contribution in [2.75, 3.05) is 0 Å². The third kappa shape index (κ3) is 4.29. The second-order valence-corrected chi connectivity index (χ2v) is 4.43. The minimum absolute atomic E-state index is 0. The van der Waals surface area contributed by atoms with Crippen LogP contribution in [0.15, 0.2) is 0 Å². The highest BCUT2D eigenvalue weighted by Crippen LogP contribution is 2.24. The van der Waals surface area contributed by atoms with Crippen LogP contribution < -0.4 is 5.73 Å². The molecule has 12 heavy (non-hydrogen) atoms. The first-order valence-electron chi connectivity index (χ1n) is 4.41. The maximum absolute atomic E-state index is 5.79. The molecule has 74 valence electrons. The van der Waals surface area contributed by atoms with Crippen LogP contribution in [0.4, 0.5) is 0 Å². The summed E-state index contributed by atoms with van der Waals surface area (Å²) in [5.41, 5.74) is 5.76. The molecule has 0 aromatic carbocycles. The van der Waals surface area contributed by atoms with Crippen LogP contribution >= 0.6 is 12.4 Å². The first-order valence-corrected chi connectivity index (χ1v) is 4.41. The first-order chi connectivity index (χ1) is 4.97. The topological polar surface area (TPSA) is 35.2 Å². The van der Waals surface area contributed by atoms with Gasteiger partial charge in [0, 0.05) is 6.04 Å². The Labute approximate surface area is 81.3 Å². The number of hydrogen-bond acceptors (Lipinski definition) is 2. The van der Waals surface area contributed by atoms with Crippen LogP contribution in [-0.4, -0.2) is 17.7 Å². The molecule has 1 saturated carbocycles. The Morgan fingerprint density at radius 3 is 2.17 bits per heavy atom. The SMILES string of the molecule is CC(C)(C)O[C@@H]1CC[C@H](N)C1.Cl. The first kappa shape index (κ1) is 12.2. The largest absolute Gasteiger partial charge is 0.373 e. The molecule has 1 aliphatic rings. The van der Waals surface area contributed by atoms with E-state index >= 15 is 0 Å². The van der Waals surface area contributed by atoms with Crippen molar-refractivity contribution in [3.05, 3.63) is 0 Å². The summed E-state index contributed by atoms with van der Waals surface area (Å²) in [4.78, 5) is 0. The van der Waals surface area contributed by atoms with E-state index < -0.39 is 0 Å². The molecule has 1 rings (SSSR count). The number of ether oxygens (including phenoxy) is 1. The van der Waals surface area contributed by atoms with Crippen molar-refractivity contribution >= 4 is 12.4 Å². The summed E-state index contributed by atoms with van der Waals surface area (Å²) in [6, 6.07) is 0.377. The molecule has 0 saturated heterocycles. The fraction of sp³-hybridized carbons (Fsp3) is 1.00. The van der Waals surface area contributed by atoms with E-state index in [-0.39, 0.29) is 18.0 Å². The molecule has 1 aliphatic carbocycles. The van der Waals surface area contributed by atoms with E-state index in [2.05, 4.69) is 20.8 Å². The van der Waals surface area contributed by atoms with Crippen LogP contribution in [0.3, 0.4) is 0 Å². The zero-order valence-electron chi connectivity index (χ0n) is 8.17. The molecule has 0 bridgehead atoms. The van der Waals surface area contributed by atoms with Gasteiger partial charge in [-0.05, 0) is 40.0 Å². The lowest BCUT2D eigenvalue weighted by atomic mass is 10.1. The molecule has 0 aromatic rings. The van der Waals surface area contributed by atoms with Crippen molar-refractivity contribution in [2.24, 2.45) is 5.73 Å². The normalized spacial score (nSPS) is 30.0. The third-order valence-corrected chi connectivity index (χ3v) is 1.95. The van der Waals surface area contributed by atoms with E-state index in [9.17, 15) is 0 Å². The average molecular weight is 194 g/mol. The highest BCUT2D eigenvalue weighted by molar-refractivity contribution is 5.85. The highest BCUT2D eigenvalue weighted by atomic mass is 35.5. The Bertz CT molecular complexity index is 133. The van der Waals surface area contributed by atoms with Gasteiger partial charge >= 0.3 is 0 Å². The molecule has 0 aliphatic heterocycles. The highest BCUT2D eigenvalue weighted by Gasteiger charge is 2.26. The third-order valence-electron chi connectivity index (χ3n) is 1.95. The zero-order valence-corrected chi connectivity index (χ0v) is 8.99. The summed E-state index contributed by atoms with van der Waals surface area (Å²) in [7, 11) is 0. The molecule has 0 spiro atoms. The molecule has 3 heteroatoms. The van der Waals surface area contributed by atoms with Crippen molar-refractivity contribution < 1.29 is 4.74 Å². The van der Waals surface area contributed by atoms with Gasteiger partial charge in [-0.1, -0.05) is 0 Å². The van der Waals surface area contributed by atoms with Gasteiger partial charge in [0.1, 0.15) is 0 Å². The molecule has 1 fully saturated rings. The summed E-state index contributed by atoms with van der Waals surface area (Å²) in [6.07, 6.45) is 3.71. The summed E-state index contributed by atoms with van der Waals surface area (Å²) in [5.74, 6) is 0. The van der Waals surface area contributed by atoms with Gasteiger partial charge < -0.3 is 10.5 Å². The van der Waals surface area contributed by atoms with Gasteiger partial charge in [0.15, 0.2) is 0 Å². The lowest BCUT2D eigenvalue weighted by molar-refractivity contribution is -0.0562. The second-order valence-electron chi connectivity index (χ2n) is 4.43. The van der Waals surface area contributed by atoms with E-state index in [0.717, 1.165) is 19.3 Å². The van der Waals surface area contributed by atoms with Gasteiger partial charge in [-0.25, -0.2) is 0 Å². The minimum atomic E-state index is -0.00523. The number of halogens is 1. The molecular weight excluding hydrogens is 174 g/mol. The van der Waals surface area contributed by atoms with Crippen LogP contribution in [0.5, 0.6) is 0 Å². The Balaban J connectivity index is 0.00000121. The van der Waals surface area contributed by atoms with Gasteiger partial charge in [0.2, 0.25) is 0 Å². The fourth-order valence-corrected chi connectivity index (χ4v) is 1.58. The van der Waals surface area contributed by atoms with Gasteiger partial charge in [-0.3, -0.25) is 0 Å². The Morgan fingerprint density at radius 2 is 1.83 bits per heavy atom. The van der Waals surface area contributed by atoms with E-state index in [1.54, 1.807) is 0 Å². The van der Waals surface area contributed by atoms with E-state index in [0.29, 0.717) is 12.1 Å². The van der Waals surface area contributed by atoms with Gasteiger partial charge in [0.05, 0.1) is 11.7 Å². The maximum Gasteiger partial charge on any atom is 0.0602 e. The molecule has 2 N–H and O–H groups in total. The zero-order chi connectivity index (χ0) is 8.48. The number of rotatable bonds is 1. The smallest absolute Gasteiger partial charge is 0.0602 e. The summed E-state index contributed by atoms with van der Waals surface area (Å²) >= 11 is 0. The van der Waals surface area contributed by atoms with Crippen LogP contribution in [0.25, 0.3) is 0 Å². The lowest BCUT2D eigenvalue weighted by Gasteiger charge is -2.24. The standard InChI is InChI=1S/C9H19NO.ClH/c1-9(2,3)11-8-5-4-7(10)6-8;/h7-8H,4-6,10H2,1-3H3;1H/t7-,8+;/m0./s1. The summed E-state index contributed by atoms with van der Waals surface area (Å²) in [6.45, 7) is 6.28. The van der Waals surface area contributed by atoms with Gasteiger partial charge in [-0.2, -0.15) is 0 Å². The van der Waals surface area contributed by atoms with E-state index in [4.69, 9.17) is 10.5 Å². The maximum atomic E-state index is 5.79. The quantitative estimate of drug-likeness (QED) is 0.693. The van der Waals surface area contributed by atoms with Crippen molar-refractivity contribution in [1.82, 2.24) is 0 Å². The molecule has 0 aromatic heterocycles. The molecule has 0 unspecified atom stereocenters. The Kier molecular flexibility index (Phi) is 4.53. The van der Waals surface area contributed by atoms with Gasteiger partial charge in [0.25, 0.3) is 0 Å². The van der Waals surface area contributed by atoms with Crippen LogP contribution in [-0.2, 0) is 4.74 Å². The minimum Gasteiger partial charge on any atom is -0.373 e. The Hall–Kier alpha value is 0.210. The summed E-state index contributed by atoms with van der Waals surface area (Å²) < 4.78 is 5.79. The molecule has 0 radical (unpaired) electrons. The van der Waals surface area contributed by atoms with E-state index in [1.807, 2.05) is 0 Å². The Morgan fingerprint density at radius 1 is 1.25 bits per heavy atom. The summed E-state index contributed by atoms with van der Waals surface area (Å²) in [5, 5.41) is 0. The lowest BCUT2D eigenvalue weighted by Crippen LogP contribution is -2.27. The van der Waals surface area contributed by atoms with Crippen LogP contribution in [0, 0.1) is 0 Å². The molecule has 0 amide bonds.